The molecule has 0 amide bonds. The molecular formula is C18H13BrINO2SeSi. The number of carbonyl (C=O) groups is 1. The first kappa shape index (κ1) is 17.7. The molecule has 2 aliphatic rings. The minimum absolute atomic E-state index is 0.0166. The van der Waals surface area contributed by atoms with Crippen molar-refractivity contribution in [3.8, 4) is 15.8 Å². The summed E-state index contributed by atoms with van der Waals surface area (Å²) in [5, 5.41) is 12.9. The molecule has 0 fully saturated rings. The number of hydrogen-bond acceptors (Lipinski definition) is 3. The molecule has 0 atom stereocenters. The molecule has 126 valence electrons. The van der Waals surface area contributed by atoms with Gasteiger partial charge < -0.3 is 0 Å². The van der Waals surface area contributed by atoms with Crippen LogP contribution in [-0.2, 0) is 4.79 Å². The van der Waals surface area contributed by atoms with Gasteiger partial charge in [0, 0.05) is 0 Å². The van der Waals surface area contributed by atoms with Crippen LogP contribution in [0.4, 0.5) is 5.69 Å². The van der Waals surface area contributed by atoms with Gasteiger partial charge in [-0.25, -0.2) is 0 Å². The fourth-order valence-electron chi connectivity index (χ4n) is 3.43. The number of phenolic OH excluding ortho intramolecular Hbond substituents is 1. The van der Waals surface area contributed by atoms with E-state index in [2.05, 4.69) is 57.7 Å². The van der Waals surface area contributed by atoms with E-state index in [9.17, 15) is 9.90 Å². The van der Waals surface area contributed by atoms with Crippen molar-refractivity contribution in [3.05, 3.63) is 48.5 Å². The SMILES string of the molecule is C[Si]1(C)C2=CC(=O)C=CC2=Nc2ccc(O)c(-c3[se]c(Br)cc3I)c21. The maximum absolute atomic E-state index is 12.0. The molecule has 4 rings (SSSR count). The number of carbonyl (C=O) groups excluding carboxylic acids is 1. The summed E-state index contributed by atoms with van der Waals surface area (Å²) in [5.41, 5.74) is 2.74. The number of ketones is 1. The molecule has 1 N–H and O–H groups in total. The van der Waals surface area contributed by atoms with E-state index in [0.29, 0.717) is 5.75 Å². The number of halogens is 2. The van der Waals surface area contributed by atoms with Crippen LogP contribution in [0.15, 0.2) is 50.0 Å². The molecule has 1 aliphatic carbocycles. The fraction of sp³-hybridized carbons (Fsp3) is 0.111. The molecule has 0 radical (unpaired) electrons. The molecule has 7 heteroatoms. The molecule has 0 spiro atoms. The third-order valence-electron chi connectivity index (χ3n) is 4.55. The number of rotatable bonds is 1. The van der Waals surface area contributed by atoms with E-state index in [1.165, 1.54) is 7.78 Å². The maximum atomic E-state index is 12.0. The topological polar surface area (TPSA) is 49.7 Å². The van der Waals surface area contributed by atoms with E-state index in [1.807, 2.05) is 12.1 Å². The zero-order valence-corrected chi connectivity index (χ0v) is 19.9. The molecule has 0 saturated carbocycles. The summed E-state index contributed by atoms with van der Waals surface area (Å²) in [4.78, 5) is 16.8. The zero-order chi connectivity index (χ0) is 17.9. The Hall–Kier alpha value is -0.734. The van der Waals surface area contributed by atoms with Crippen LogP contribution < -0.4 is 5.19 Å². The second-order valence-corrected chi connectivity index (χ2v) is 16.2. The summed E-state index contributed by atoms with van der Waals surface area (Å²) in [7, 11) is -2.18. The Labute approximate surface area is 174 Å². The Kier molecular flexibility index (Phi) is 4.36. The van der Waals surface area contributed by atoms with E-state index in [1.54, 1.807) is 18.2 Å². The van der Waals surface area contributed by atoms with Crippen molar-refractivity contribution in [1.82, 2.24) is 0 Å². The number of allylic oxidation sites excluding steroid dienone is 4. The van der Waals surface area contributed by atoms with E-state index in [0.717, 1.165) is 30.9 Å². The Balaban J connectivity index is 2.08. The summed E-state index contributed by atoms with van der Waals surface area (Å²) in [6.45, 7) is 4.47. The van der Waals surface area contributed by atoms with Crippen LogP contribution in [0.2, 0.25) is 13.1 Å². The third-order valence-corrected chi connectivity index (χ3v) is 12.8. The van der Waals surface area contributed by atoms with Crippen LogP contribution >= 0.6 is 38.5 Å². The van der Waals surface area contributed by atoms with Crippen molar-refractivity contribution in [2.24, 2.45) is 4.99 Å². The summed E-state index contributed by atoms with van der Waals surface area (Å²) in [6, 6.07) is 5.76. The standard InChI is InChI=1S/C18H13BrINO2SeSi/c1-25(2)14-7-9(22)3-4-11(14)21-12-5-6-13(23)16(18(12)25)17-10(20)8-15(19)24-17/h3-8,23H,1-2H3. The Morgan fingerprint density at radius 1 is 1.28 bits per heavy atom. The van der Waals surface area contributed by atoms with E-state index in [4.69, 9.17) is 4.99 Å². The fourth-order valence-corrected chi connectivity index (χ4v) is 11.7. The predicted octanol–water partition coefficient (Wildman–Crippen LogP) is 4.09. The Morgan fingerprint density at radius 3 is 2.72 bits per heavy atom. The molecule has 25 heavy (non-hydrogen) atoms. The van der Waals surface area contributed by atoms with Gasteiger partial charge in [-0.3, -0.25) is 0 Å². The number of benzene rings is 1. The van der Waals surface area contributed by atoms with Crippen LogP contribution in [0.5, 0.6) is 5.75 Å². The van der Waals surface area contributed by atoms with Gasteiger partial charge in [0.15, 0.2) is 0 Å². The normalized spacial score (nSPS) is 17.7. The van der Waals surface area contributed by atoms with Crippen molar-refractivity contribution < 1.29 is 9.90 Å². The van der Waals surface area contributed by atoms with Gasteiger partial charge in [0.05, 0.1) is 0 Å². The summed E-state index contributed by atoms with van der Waals surface area (Å²) in [6.07, 6.45) is 5.13. The van der Waals surface area contributed by atoms with Crippen molar-refractivity contribution in [3.63, 3.8) is 0 Å². The number of hydrogen-bond donors (Lipinski definition) is 1. The molecule has 1 aliphatic heterocycles. The second-order valence-electron chi connectivity index (χ2n) is 6.50. The van der Waals surface area contributed by atoms with Crippen LogP contribution in [0, 0.1) is 3.57 Å². The average molecular weight is 589 g/mol. The third kappa shape index (κ3) is 2.80. The zero-order valence-electron chi connectivity index (χ0n) is 13.4. The molecule has 1 aromatic heterocycles. The van der Waals surface area contributed by atoms with E-state index in [-0.39, 0.29) is 20.3 Å². The molecule has 3 nitrogen and oxygen atoms in total. The van der Waals surface area contributed by atoms with Gasteiger partial charge in [0.25, 0.3) is 0 Å². The molecule has 1 aromatic carbocycles. The van der Waals surface area contributed by atoms with Crippen LogP contribution in [-0.4, -0.2) is 39.2 Å². The van der Waals surface area contributed by atoms with E-state index >= 15 is 0 Å². The molecular weight excluding hydrogens is 576 g/mol. The first-order valence-electron chi connectivity index (χ1n) is 7.64. The monoisotopic (exact) mass is 589 g/mol. The first-order chi connectivity index (χ1) is 11.8. The number of phenols is 1. The Morgan fingerprint density at radius 2 is 2.04 bits per heavy atom. The van der Waals surface area contributed by atoms with Gasteiger partial charge in [-0.15, -0.1) is 0 Å². The summed E-state index contributed by atoms with van der Waals surface area (Å²) >= 11 is 6.08. The molecule has 2 aromatic rings. The first-order valence-corrected chi connectivity index (χ1v) is 14.2. The molecule has 0 unspecified atom stereocenters. The number of nitrogens with zero attached hydrogens (tertiary/aromatic N) is 1. The minimum atomic E-state index is -2.18. The molecule has 0 saturated heterocycles. The van der Waals surface area contributed by atoms with Crippen LogP contribution in [0.1, 0.15) is 0 Å². The predicted molar refractivity (Wildman–Crippen MR) is 117 cm³/mol. The van der Waals surface area contributed by atoms with Crippen molar-refractivity contribution in [1.29, 1.82) is 0 Å². The quantitative estimate of drug-likeness (QED) is 0.310. The summed E-state index contributed by atoms with van der Waals surface area (Å²) in [5.74, 6) is 0.320. The molecule has 0 bridgehead atoms. The van der Waals surface area contributed by atoms with Crippen LogP contribution in [0.25, 0.3) is 10.0 Å². The Bertz CT molecular complexity index is 1040. The van der Waals surface area contributed by atoms with Gasteiger partial charge in [-0.1, -0.05) is 0 Å². The van der Waals surface area contributed by atoms with Crippen LogP contribution in [0.3, 0.4) is 0 Å². The number of aromatic hydroxyl groups is 1. The average Bonchev–Trinajstić information content (AvgIpc) is 2.87. The van der Waals surface area contributed by atoms with Gasteiger partial charge >= 0.3 is 176 Å². The number of aliphatic imine (C=N–C) groups is 1. The van der Waals surface area contributed by atoms with Gasteiger partial charge in [0.1, 0.15) is 0 Å². The number of fused-ring (bicyclic) bond motifs is 2. The van der Waals surface area contributed by atoms with Crippen molar-refractivity contribution in [2.45, 2.75) is 13.1 Å². The van der Waals surface area contributed by atoms with Crippen molar-refractivity contribution in [2.75, 3.05) is 0 Å². The molecule has 2 heterocycles. The van der Waals surface area contributed by atoms with Gasteiger partial charge in [0.2, 0.25) is 0 Å². The van der Waals surface area contributed by atoms with E-state index < -0.39 is 8.07 Å². The second kappa shape index (κ2) is 6.16. The van der Waals surface area contributed by atoms with Gasteiger partial charge in [-0.05, 0) is 0 Å². The van der Waals surface area contributed by atoms with Gasteiger partial charge in [-0.2, -0.15) is 0 Å². The summed E-state index contributed by atoms with van der Waals surface area (Å²) < 4.78 is 3.51. The van der Waals surface area contributed by atoms with Crippen molar-refractivity contribution >= 4 is 83.5 Å².